The Balaban J connectivity index is 2.31. The summed E-state index contributed by atoms with van der Waals surface area (Å²) in [6.07, 6.45) is 1.29. The Morgan fingerprint density at radius 1 is 0.900 bits per heavy atom. The summed E-state index contributed by atoms with van der Waals surface area (Å²) in [6, 6.07) is 1.50. The predicted molar refractivity (Wildman–Crippen MR) is 67.9 cm³/mol. The molecule has 0 aliphatic rings. The number of nitrogens with zero attached hydrogens (tertiary/aromatic N) is 2. The second-order valence-electron chi connectivity index (χ2n) is 2.95. The molecule has 1 aromatic rings. The van der Waals surface area contributed by atoms with Gasteiger partial charge in [0.25, 0.3) is 0 Å². The molecule has 0 saturated heterocycles. The summed E-state index contributed by atoms with van der Waals surface area (Å²) in [5.41, 5.74) is 0. The van der Waals surface area contributed by atoms with Crippen molar-refractivity contribution in [1.82, 2.24) is 9.97 Å². The first-order chi connectivity index (χ1) is 9.86. The molecule has 0 aromatic carbocycles. The molecule has 0 fully saturated rings. The van der Waals surface area contributed by atoms with Crippen molar-refractivity contribution in [3.05, 3.63) is 12.4 Å². The molecule has 1 aromatic heterocycles. The van der Waals surface area contributed by atoms with E-state index in [-0.39, 0.29) is 42.3 Å². The Morgan fingerprint density at radius 3 is 1.85 bits per heavy atom. The molecule has 0 unspecified atom stereocenters. The summed E-state index contributed by atoms with van der Waals surface area (Å²) >= 11 is 0. The molecule has 0 atom stereocenters. The molecular formula is C10H10N2O6P2. The van der Waals surface area contributed by atoms with Crippen molar-refractivity contribution in [2.75, 3.05) is 26.4 Å². The van der Waals surface area contributed by atoms with Crippen LogP contribution in [-0.2, 0) is 18.6 Å². The van der Waals surface area contributed by atoms with Crippen LogP contribution in [0.3, 0.4) is 0 Å². The molecule has 1 rings (SSSR count). The molecule has 0 aliphatic carbocycles. The Bertz CT molecular complexity index is 563. The monoisotopic (exact) mass is 316 g/mol. The molecule has 20 heavy (non-hydrogen) atoms. The van der Waals surface area contributed by atoms with E-state index >= 15 is 0 Å². The van der Waals surface area contributed by atoms with Crippen LogP contribution in [0.1, 0.15) is 0 Å². The molecule has 0 saturated carbocycles. The van der Waals surface area contributed by atoms with Gasteiger partial charge in [0.1, 0.15) is 0 Å². The fourth-order valence-electron chi connectivity index (χ4n) is 1.00. The molecular weight excluding hydrogens is 306 g/mol. The normalized spacial score (nSPS) is 9.20. The number of rotatable bonds is 8. The minimum atomic E-state index is -0.312. The van der Waals surface area contributed by atoms with Crippen molar-refractivity contribution in [2.45, 2.75) is 0 Å². The summed E-state index contributed by atoms with van der Waals surface area (Å²) in [4.78, 5) is 7.75. The average molecular weight is 316 g/mol. The van der Waals surface area contributed by atoms with Gasteiger partial charge >= 0.3 is 116 Å². The Labute approximate surface area is 117 Å². The molecule has 8 nitrogen and oxygen atoms in total. The van der Waals surface area contributed by atoms with Gasteiger partial charge in [0, 0.05) is 0 Å². The third-order valence-corrected chi connectivity index (χ3v) is 2.10. The van der Waals surface area contributed by atoms with Gasteiger partial charge < -0.3 is 0 Å². The van der Waals surface area contributed by atoms with E-state index in [1.54, 1.807) is 0 Å². The van der Waals surface area contributed by atoms with E-state index in [0.29, 0.717) is 11.8 Å². The maximum absolute atomic E-state index is 10.00. The fraction of sp³-hybridized carbons (Fsp3) is 0.400. The summed E-state index contributed by atoms with van der Waals surface area (Å²) in [7, 11) is -0.623. The van der Waals surface area contributed by atoms with Gasteiger partial charge in [-0.3, -0.25) is 0 Å². The van der Waals surface area contributed by atoms with Crippen molar-refractivity contribution >= 4 is 15.8 Å². The molecule has 0 amide bonds. The first-order valence-corrected chi connectivity index (χ1v) is 6.95. The van der Waals surface area contributed by atoms with Gasteiger partial charge in [0.2, 0.25) is 0 Å². The average Bonchev–Trinajstić information content (AvgIpc) is 2.47. The molecule has 0 N–H and O–H groups in total. The third-order valence-electron chi connectivity index (χ3n) is 1.69. The zero-order valence-electron chi connectivity index (χ0n) is 10.2. The maximum atomic E-state index is 10.00. The van der Waals surface area contributed by atoms with E-state index in [2.05, 4.69) is 21.6 Å². The second-order valence-corrected chi connectivity index (χ2v) is 3.68. The van der Waals surface area contributed by atoms with Gasteiger partial charge in [-0.25, -0.2) is 0 Å². The first-order valence-electron chi connectivity index (χ1n) is 5.32. The molecule has 0 spiro atoms. The zero-order valence-corrected chi connectivity index (χ0v) is 12.0. The van der Waals surface area contributed by atoms with E-state index < -0.39 is 0 Å². The van der Waals surface area contributed by atoms with Crippen molar-refractivity contribution in [2.24, 2.45) is 0 Å². The number of aromatic nitrogens is 2. The van der Waals surface area contributed by atoms with E-state index in [4.69, 9.17) is 18.9 Å². The van der Waals surface area contributed by atoms with Crippen molar-refractivity contribution in [3.63, 3.8) is 0 Å². The minimum absolute atomic E-state index is 0.198. The van der Waals surface area contributed by atoms with Crippen LogP contribution < -0.4 is 9.47 Å². The van der Waals surface area contributed by atoms with Crippen LogP contribution in [-0.4, -0.2) is 36.4 Å². The molecule has 1 heterocycles. The summed E-state index contributed by atoms with van der Waals surface area (Å²) in [5, 5.41) is 0. The molecule has 0 aliphatic heterocycles. The number of hydrogen-bond donors (Lipinski definition) is 0. The van der Waals surface area contributed by atoms with E-state index in [9.17, 15) is 9.13 Å². The Kier molecular flexibility index (Phi) is 9.54. The molecule has 0 bridgehead atoms. The van der Waals surface area contributed by atoms with Crippen LogP contribution in [0, 0.1) is 11.6 Å². The van der Waals surface area contributed by atoms with Crippen LogP contribution in [0.15, 0.2) is 12.4 Å². The third kappa shape index (κ3) is 7.93. The van der Waals surface area contributed by atoms with Gasteiger partial charge in [-0.1, -0.05) is 0 Å². The summed E-state index contributed by atoms with van der Waals surface area (Å²) < 4.78 is 39.9. The van der Waals surface area contributed by atoms with Crippen LogP contribution in [0.4, 0.5) is 0 Å². The van der Waals surface area contributed by atoms with E-state index in [1.807, 2.05) is 0 Å². The van der Waals surface area contributed by atoms with Gasteiger partial charge in [0.05, 0.1) is 0 Å². The van der Waals surface area contributed by atoms with Crippen molar-refractivity contribution < 1.29 is 28.1 Å². The Hall–Kier alpha value is -1.38. The number of hydrogen-bond acceptors (Lipinski definition) is 8. The molecule has 10 heteroatoms. The Morgan fingerprint density at radius 2 is 1.40 bits per heavy atom. The van der Waals surface area contributed by atoms with Crippen LogP contribution in [0.25, 0.3) is 0 Å². The first kappa shape index (κ1) is 16.7. The van der Waals surface area contributed by atoms with E-state index in [0.717, 1.165) is 0 Å². The summed E-state index contributed by atoms with van der Waals surface area (Å²) in [6.45, 7) is 0.829. The van der Waals surface area contributed by atoms with Crippen LogP contribution in [0.5, 0.6) is 11.8 Å². The zero-order chi connectivity index (χ0) is 14.5. The van der Waals surface area contributed by atoms with E-state index in [1.165, 1.54) is 12.4 Å². The van der Waals surface area contributed by atoms with Crippen LogP contribution in [0.2, 0.25) is 0 Å². The second kappa shape index (κ2) is 11.4. The van der Waals surface area contributed by atoms with Gasteiger partial charge in [-0.15, -0.1) is 0 Å². The topological polar surface area (TPSA) is 96.8 Å². The summed E-state index contributed by atoms with van der Waals surface area (Å²) in [5.74, 6) is 4.88. The molecule has 106 valence electrons. The van der Waals surface area contributed by atoms with Gasteiger partial charge in [-0.05, 0) is 0 Å². The van der Waals surface area contributed by atoms with Crippen molar-refractivity contribution in [1.29, 1.82) is 0 Å². The number of ether oxygens (including phenoxy) is 4. The van der Waals surface area contributed by atoms with Crippen molar-refractivity contribution in [3.8, 4) is 23.4 Å². The van der Waals surface area contributed by atoms with Crippen LogP contribution >= 0.6 is 15.8 Å². The predicted octanol–water partition coefficient (Wildman–Crippen LogP) is 1.68. The standard InChI is InChI=1S/C10H10N2O6P2/c13-19-7-15-1-3-17-9-5-10(12-6-11-9)18-4-2-16-8-20-14/h5-6H,1-4H2. The molecule has 0 radical (unpaired) electrons. The van der Waals surface area contributed by atoms with Gasteiger partial charge in [-0.2, -0.15) is 0 Å². The quantitative estimate of drug-likeness (QED) is 0.528. The van der Waals surface area contributed by atoms with Gasteiger partial charge in [0.15, 0.2) is 0 Å². The SMILES string of the molecule is O=P#COCCOc1cc(OCCOC#P=O)ncn1. The fourth-order valence-corrected chi connectivity index (χ4v) is 1.29.